The molecule has 1 saturated heterocycles. The number of nitrogens with zero attached hydrogens (tertiary/aromatic N) is 1. The van der Waals surface area contributed by atoms with Crippen LogP contribution in [0.25, 0.3) is 0 Å². The van der Waals surface area contributed by atoms with Gasteiger partial charge in [0.05, 0.1) is 0 Å². The number of hydrogen-bond acceptors (Lipinski definition) is 2. The van der Waals surface area contributed by atoms with Crippen LogP contribution in [0.4, 0.5) is 0 Å². The molecular weight excluding hydrogens is 208 g/mol. The minimum atomic E-state index is 0.842. The number of hydrogen-bond donors (Lipinski definition) is 1. The van der Waals surface area contributed by atoms with Crippen LogP contribution in [0.5, 0.6) is 0 Å². The lowest BCUT2D eigenvalue weighted by Crippen LogP contribution is -2.40. The highest BCUT2D eigenvalue weighted by atomic mass is 15.1. The summed E-state index contributed by atoms with van der Waals surface area (Å²) >= 11 is 0. The molecule has 1 heterocycles. The first-order valence-corrected chi connectivity index (χ1v) is 7.70. The van der Waals surface area contributed by atoms with Gasteiger partial charge >= 0.3 is 0 Å². The predicted molar refractivity (Wildman–Crippen MR) is 74.3 cm³/mol. The summed E-state index contributed by atoms with van der Waals surface area (Å²) in [5.74, 6) is 1.81. The van der Waals surface area contributed by atoms with Crippen molar-refractivity contribution in [1.82, 2.24) is 10.2 Å². The summed E-state index contributed by atoms with van der Waals surface area (Å²) in [5.41, 5.74) is 0. The summed E-state index contributed by atoms with van der Waals surface area (Å²) in [5, 5.41) is 3.72. The number of rotatable bonds is 5. The van der Waals surface area contributed by atoms with Gasteiger partial charge in [-0.15, -0.1) is 0 Å². The highest BCUT2D eigenvalue weighted by molar-refractivity contribution is 4.76. The van der Waals surface area contributed by atoms with E-state index >= 15 is 0 Å². The molecule has 2 fully saturated rings. The maximum Gasteiger partial charge on any atom is 0.00670 e. The molecule has 1 saturated carbocycles. The third kappa shape index (κ3) is 4.59. The first-order valence-electron chi connectivity index (χ1n) is 7.70. The van der Waals surface area contributed by atoms with E-state index < -0.39 is 0 Å². The number of piperidine rings is 1. The van der Waals surface area contributed by atoms with Gasteiger partial charge in [0.25, 0.3) is 0 Å². The lowest BCUT2D eigenvalue weighted by atomic mass is 9.92. The van der Waals surface area contributed by atoms with Gasteiger partial charge in [0.2, 0.25) is 0 Å². The SMILES string of the molecule is CC1CC(C)CN(CCCNC2CCCC2)C1. The van der Waals surface area contributed by atoms with Crippen molar-refractivity contribution in [2.24, 2.45) is 11.8 Å². The molecule has 0 aromatic carbocycles. The fourth-order valence-electron chi connectivity index (χ4n) is 3.71. The van der Waals surface area contributed by atoms with Crippen LogP contribution >= 0.6 is 0 Å². The standard InChI is InChI=1S/C15H30N2/c1-13-10-14(2)12-17(11-13)9-5-8-16-15-6-3-4-7-15/h13-16H,3-12H2,1-2H3. The molecule has 17 heavy (non-hydrogen) atoms. The lowest BCUT2D eigenvalue weighted by molar-refractivity contribution is 0.139. The zero-order valence-electron chi connectivity index (χ0n) is 11.8. The molecule has 0 amide bonds. The third-order valence-electron chi connectivity index (χ3n) is 4.38. The molecule has 0 spiro atoms. The van der Waals surface area contributed by atoms with Crippen molar-refractivity contribution < 1.29 is 0 Å². The lowest BCUT2D eigenvalue weighted by Gasteiger charge is -2.35. The molecule has 1 aliphatic carbocycles. The van der Waals surface area contributed by atoms with Crippen molar-refractivity contribution in [3.63, 3.8) is 0 Å². The monoisotopic (exact) mass is 238 g/mol. The van der Waals surface area contributed by atoms with Gasteiger partial charge in [0.15, 0.2) is 0 Å². The van der Waals surface area contributed by atoms with Crippen LogP contribution in [-0.2, 0) is 0 Å². The molecule has 0 aromatic rings. The van der Waals surface area contributed by atoms with Gasteiger partial charge in [-0.2, -0.15) is 0 Å². The molecule has 2 unspecified atom stereocenters. The van der Waals surface area contributed by atoms with Gasteiger partial charge in [0.1, 0.15) is 0 Å². The average molecular weight is 238 g/mol. The minimum absolute atomic E-state index is 0.842. The molecule has 2 rings (SSSR count). The Kier molecular flexibility index (Phi) is 5.30. The molecule has 2 nitrogen and oxygen atoms in total. The van der Waals surface area contributed by atoms with Gasteiger partial charge < -0.3 is 10.2 Å². The zero-order chi connectivity index (χ0) is 12.1. The fourth-order valence-corrected chi connectivity index (χ4v) is 3.71. The van der Waals surface area contributed by atoms with Crippen molar-refractivity contribution in [1.29, 1.82) is 0 Å². The van der Waals surface area contributed by atoms with Crippen LogP contribution in [0, 0.1) is 11.8 Å². The Labute approximate surface area is 107 Å². The van der Waals surface area contributed by atoms with Crippen LogP contribution in [0.3, 0.4) is 0 Å². The Morgan fingerprint density at radius 2 is 1.71 bits per heavy atom. The smallest absolute Gasteiger partial charge is 0.00670 e. The summed E-state index contributed by atoms with van der Waals surface area (Å²) in [6.45, 7) is 9.98. The molecule has 2 atom stereocenters. The van der Waals surface area contributed by atoms with Crippen LogP contribution < -0.4 is 5.32 Å². The maximum atomic E-state index is 3.72. The number of nitrogens with one attached hydrogen (secondary N) is 1. The second-order valence-electron chi connectivity index (χ2n) is 6.49. The first-order chi connectivity index (χ1) is 8.24. The van der Waals surface area contributed by atoms with Crippen LogP contribution in [0.2, 0.25) is 0 Å². The molecule has 0 radical (unpaired) electrons. The van der Waals surface area contributed by atoms with E-state index in [-0.39, 0.29) is 0 Å². The van der Waals surface area contributed by atoms with Gasteiger partial charge in [-0.3, -0.25) is 0 Å². The fraction of sp³-hybridized carbons (Fsp3) is 1.00. The van der Waals surface area contributed by atoms with Gasteiger partial charge in [-0.05, 0) is 50.6 Å². The molecule has 2 heteroatoms. The van der Waals surface area contributed by atoms with E-state index in [0.29, 0.717) is 0 Å². The number of likely N-dealkylation sites (tertiary alicyclic amines) is 1. The van der Waals surface area contributed by atoms with Crippen LogP contribution in [0.15, 0.2) is 0 Å². The molecule has 0 bridgehead atoms. The minimum Gasteiger partial charge on any atom is -0.314 e. The molecule has 1 aliphatic heterocycles. The third-order valence-corrected chi connectivity index (χ3v) is 4.38. The second kappa shape index (κ2) is 6.75. The highest BCUT2D eigenvalue weighted by Crippen LogP contribution is 2.21. The summed E-state index contributed by atoms with van der Waals surface area (Å²) in [6, 6.07) is 0.842. The van der Waals surface area contributed by atoms with E-state index in [4.69, 9.17) is 0 Å². The molecule has 0 aromatic heterocycles. The van der Waals surface area contributed by atoms with Crippen molar-refractivity contribution in [3.05, 3.63) is 0 Å². The molecule has 100 valence electrons. The Bertz CT molecular complexity index is 201. The zero-order valence-corrected chi connectivity index (χ0v) is 11.8. The van der Waals surface area contributed by atoms with E-state index in [9.17, 15) is 0 Å². The Balaban J connectivity index is 1.54. The summed E-state index contributed by atoms with van der Waals surface area (Å²) in [4.78, 5) is 2.68. The predicted octanol–water partition coefficient (Wildman–Crippen LogP) is 2.89. The highest BCUT2D eigenvalue weighted by Gasteiger charge is 2.21. The first kappa shape index (κ1) is 13.4. The second-order valence-corrected chi connectivity index (χ2v) is 6.49. The molecule has 2 aliphatic rings. The maximum absolute atomic E-state index is 3.72. The van der Waals surface area contributed by atoms with E-state index in [1.54, 1.807) is 0 Å². The van der Waals surface area contributed by atoms with Crippen molar-refractivity contribution in [2.45, 2.75) is 58.4 Å². The topological polar surface area (TPSA) is 15.3 Å². The molecule has 1 N–H and O–H groups in total. The quantitative estimate of drug-likeness (QED) is 0.741. The van der Waals surface area contributed by atoms with Crippen LogP contribution in [0.1, 0.15) is 52.4 Å². The summed E-state index contributed by atoms with van der Waals surface area (Å²) < 4.78 is 0. The van der Waals surface area contributed by atoms with Crippen LogP contribution in [-0.4, -0.2) is 37.1 Å². The van der Waals surface area contributed by atoms with E-state index in [1.165, 1.54) is 64.7 Å². The molecular formula is C15H30N2. The Morgan fingerprint density at radius 1 is 1.06 bits per heavy atom. The summed E-state index contributed by atoms with van der Waals surface area (Å²) in [7, 11) is 0. The normalized spacial score (nSPS) is 32.1. The van der Waals surface area contributed by atoms with E-state index in [2.05, 4.69) is 24.1 Å². The van der Waals surface area contributed by atoms with E-state index in [1.807, 2.05) is 0 Å². The van der Waals surface area contributed by atoms with E-state index in [0.717, 1.165) is 17.9 Å². The van der Waals surface area contributed by atoms with Crippen molar-refractivity contribution in [2.75, 3.05) is 26.2 Å². The Hall–Kier alpha value is -0.0800. The average Bonchev–Trinajstić information content (AvgIpc) is 2.76. The largest absolute Gasteiger partial charge is 0.314 e. The summed E-state index contributed by atoms with van der Waals surface area (Å²) in [6.07, 6.45) is 8.47. The van der Waals surface area contributed by atoms with Crippen molar-refractivity contribution in [3.8, 4) is 0 Å². The van der Waals surface area contributed by atoms with Gasteiger partial charge in [-0.1, -0.05) is 26.7 Å². The van der Waals surface area contributed by atoms with Gasteiger partial charge in [0, 0.05) is 19.1 Å². The van der Waals surface area contributed by atoms with Crippen molar-refractivity contribution >= 4 is 0 Å². The van der Waals surface area contributed by atoms with Gasteiger partial charge in [-0.25, -0.2) is 0 Å². The Morgan fingerprint density at radius 3 is 2.35 bits per heavy atom.